The first-order valence-electron chi connectivity index (χ1n) is 36.1. The fourth-order valence-electron chi connectivity index (χ4n) is 12.9. The van der Waals surface area contributed by atoms with Crippen LogP contribution in [0.3, 0.4) is 0 Å². The Balaban J connectivity index is 0.000000168. The zero-order valence-electron chi connectivity index (χ0n) is 60.4. The molecule has 6 aromatic carbocycles. The predicted molar refractivity (Wildman–Crippen MR) is 401 cm³/mol. The Morgan fingerprint density at radius 3 is 1.05 bits per heavy atom. The largest absolute Gasteiger partial charge is 0.493 e. The monoisotopic (exact) mass is 1410 g/mol. The number of carbonyl (C=O) groups is 6. The van der Waals surface area contributed by atoms with E-state index >= 15 is 0 Å². The van der Waals surface area contributed by atoms with Gasteiger partial charge in [-0.25, -0.2) is 0 Å². The molecule has 3 heterocycles. The maximum absolute atomic E-state index is 13.3. The molecule has 23 heteroatoms. The number of amides is 6. The molecule has 104 heavy (non-hydrogen) atoms. The second-order valence-electron chi connectivity index (χ2n) is 26.8. The molecule has 0 saturated heterocycles. The van der Waals surface area contributed by atoms with Crippen LogP contribution in [0.25, 0.3) is 33.4 Å². The van der Waals surface area contributed by atoms with Gasteiger partial charge >= 0.3 is 0 Å². The van der Waals surface area contributed by atoms with E-state index in [0.29, 0.717) is 77.1 Å². The van der Waals surface area contributed by atoms with Crippen LogP contribution in [-0.2, 0) is 4.74 Å². The lowest BCUT2D eigenvalue weighted by molar-refractivity contribution is 0.0923. The Hall–Kier alpha value is -10.9. The zero-order valence-corrected chi connectivity index (χ0v) is 60.4. The molecule has 0 aliphatic heterocycles. The molecule has 9 N–H and O–H groups in total. The van der Waals surface area contributed by atoms with Gasteiger partial charge in [0.05, 0.1) is 66.6 Å². The van der Waals surface area contributed by atoms with Crippen molar-refractivity contribution in [3.8, 4) is 50.6 Å². The van der Waals surface area contributed by atoms with Crippen LogP contribution in [0.2, 0.25) is 0 Å². The first-order valence-corrected chi connectivity index (χ1v) is 36.1. The van der Waals surface area contributed by atoms with Crippen molar-refractivity contribution in [3.05, 3.63) is 215 Å². The maximum atomic E-state index is 13.3. The van der Waals surface area contributed by atoms with Gasteiger partial charge in [0.2, 0.25) is 0 Å². The van der Waals surface area contributed by atoms with E-state index in [0.717, 1.165) is 121 Å². The van der Waals surface area contributed by atoms with Gasteiger partial charge in [-0.2, -0.15) is 15.3 Å². The number of carbonyl (C=O) groups excluding carboxylic acids is 6. The predicted octanol–water partition coefficient (Wildman–Crippen LogP) is 13.1. The first kappa shape index (κ1) is 75.7. The molecule has 3 aromatic heterocycles. The Labute approximate surface area is 608 Å². The number of hydrogen-bond acceptors (Lipinski definition) is 14. The highest BCUT2D eigenvalue weighted by Gasteiger charge is 2.26. The van der Waals surface area contributed by atoms with Gasteiger partial charge in [0.1, 0.15) is 30.5 Å². The number of aromatic amines is 3. The van der Waals surface area contributed by atoms with E-state index < -0.39 is 0 Å². The third-order valence-electron chi connectivity index (χ3n) is 18.9. The molecular formula is C81H97N13O10. The molecule has 0 unspecified atom stereocenters. The Morgan fingerprint density at radius 1 is 0.423 bits per heavy atom. The van der Waals surface area contributed by atoms with Crippen molar-refractivity contribution in [1.29, 1.82) is 0 Å². The summed E-state index contributed by atoms with van der Waals surface area (Å²) < 4.78 is 22.7. The second kappa shape index (κ2) is 37.8. The van der Waals surface area contributed by atoms with Gasteiger partial charge in [-0.15, -0.1) is 0 Å². The normalized spacial score (nSPS) is 14.5. The third-order valence-corrected chi connectivity index (χ3v) is 18.9. The summed E-state index contributed by atoms with van der Waals surface area (Å²) in [6, 6.07) is 38.6. The zero-order chi connectivity index (χ0) is 73.3. The average Bonchev–Trinajstić information content (AvgIpc) is 1.52. The SMILES string of the molecule is CCOc1cc(-c2cn[nH]c2)ccc1C(=O)N[C@H](C)c1cccc(C(=O)NC2CCCC2)c1.COCCOc1cc(-c2cn[nH]c2)ccc1C(=O)N[C@H](C)c1cccc(C(=O)NC2CCCC2)c1.C[C@@H](NC(=O)c1ccc(-c2cn[nH]c2)cc1OCCN(C)C)c1cccc(C(=O)NC2CCCC2)c1. The van der Waals surface area contributed by atoms with Crippen molar-refractivity contribution in [3.63, 3.8) is 0 Å². The molecule has 9 aromatic rings. The lowest BCUT2D eigenvalue weighted by atomic mass is 10.0. The molecule has 3 fully saturated rings. The van der Waals surface area contributed by atoms with Crippen molar-refractivity contribution >= 4 is 35.4 Å². The fourth-order valence-corrected chi connectivity index (χ4v) is 12.9. The van der Waals surface area contributed by atoms with Crippen LogP contribution in [0, 0.1) is 0 Å². The lowest BCUT2D eigenvalue weighted by Gasteiger charge is -2.19. The Bertz CT molecular complexity index is 4280. The number of methoxy groups -OCH3 is 1. The molecule has 3 aliphatic rings. The number of ether oxygens (including phenoxy) is 4. The van der Waals surface area contributed by atoms with Gasteiger partial charge < -0.3 is 55.7 Å². The number of aromatic nitrogens is 6. The number of nitrogens with zero attached hydrogens (tertiary/aromatic N) is 4. The number of nitrogens with one attached hydrogen (secondary N) is 9. The minimum absolute atomic E-state index is 0.0595. The molecule has 3 saturated carbocycles. The molecule has 23 nitrogen and oxygen atoms in total. The molecular weight excluding hydrogens is 1310 g/mol. The Kier molecular flexibility index (Phi) is 27.6. The number of benzene rings is 6. The van der Waals surface area contributed by atoms with Crippen LogP contribution in [0.5, 0.6) is 17.2 Å². The minimum Gasteiger partial charge on any atom is -0.493 e. The highest BCUT2D eigenvalue weighted by Crippen LogP contribution is 2.32. The second-order valence-corrected chi connectivity index (χ2v) is 26.8. The topological polar surface area (TPSA) is 301 Å². The van der Waals surface area contributed by atoms with E-state index in [1.165, 1.54) is 12.8 Å². The number of likely N-dealkylation sites (N-methyl/N-ethyl adjacent to an activating group) is 1. The Morgan fingerprint density at radius 2 is 0.750 bits per heavy atom. The van der Waals surface area contributed by atoms with Gasteiger partial charge in [0.15, 0.2) is 0 Å². The average molecular weight is 1410 g/mol. The summed E-state index contributed by atoms with van der Waals surface area (Å²) in [6.45, 7) is 9.96. The van der Waals surface area contributed by atoms with E-state index in [4.69, 9.17) is 18.9 Å². The number of hydrogen-bond donors (Lipinski definition) is 9. The molecule has 0 radical (unpaired) electrons. The van der Waals surface area contributed by atoms with Crippen molar-refractivity contribution in [2.45, 2.75) is 141 Å². The number of H-pyrrole nitrogens is 3. The van der Waals surface area contributed by atoms with Crippen LogP contribution >= 0.6 is 0 Å². The summed E-state index contributed by atoms with van der Waals surface area (Å²) >= 11 is 0. The van der Waals surface area contributed by atoms with Crippen molar-refractivity contribution in [1.82, 2.24) is 67.4 Å². The highest BCUT2D eigenvalue weighted by atomic mass is 16.5. The fraction of sp³-hybridized carbons (Fsp3) is 0.370. The summed E-state index contributed by atoms with van der Waals surface area (Å²) in [5, 5.41) is 38.9. The molecule has 3 aliphatic carbocycles. The van der Waals surface area contributed by atoms with E-state index in [-0.39, 0.29) is 71.7 Å². The van der Waals surface area contributed by atoms with Gasteiger partial charge in [-0.05, 0) is 186 Å². The summed E-state index contributed by atoms with van der Waals surface area (Å²) in [4.78, 5) is 79.7. The van der Waals surface area contributed by atoms with Gasteiger partial charge in [0.25, 0.3) is 35.4 Å². The molecule has 3 atom stereocenters. The molecule has 12 rings (SSSR count). The van der Waals surface area contributed by atoms with E-state index in [2.05, 4.69) is 62.5 Å². The molecule has 546 valence electrons. The lowest BCUT2D eigenvalue weighted by Crippen LogP contribution is -2.32. The van der Waals surface area contributed by atoms with Crippen molar-refractivity contribution in [2.24, 2.45) is 0 Å². The summed E-state index contributed by atoms with van der Waals surface area (Å²) in [5.41, 5.74) is 11.2. The van der Waals surface area contributed by atoms with Crippen LogP contribution in [-0.4, -0.2) is 143 Å². The standard InChI is InChI=1S/C28H35N5O3.C27H32N4O4.C26H30N4O3/c1-19(20-7-6-8-22(15-20)27(34)32-24-9-4-5-10-24)31-28(35)25-12-11-21(23-17-29-30-18-23)16-26(25)36-14-13-33(2)3;1-18(19-6-5-7-21(14-19)26(32)31-23-8-3-4-9-23)30-27(33)24-11-10-20(22-16-28-29-17-22)15-25(24)35-13-12-34-2;1-3-33-24-14-19(21-15-27-28-16-21)11-12-23(24)26(32)29-17(2)18-7-6-8-20(13-18)25(31)30-22-9-4-5-10-22/h6-8,11-12,15-19,24H,4-5,9-10,13-14H2,1-3H3,(H,29,30)(H,31,35)(H,32,34);5-7,10-11,14-18,23H,3-4,8-9,12-13H2,1-2H3,(H,28,29)(H,30,33)(H,31,32);6-8,11-17,22H,3-5,9-10H2,1-2H3,(H,27,28)(H,29,32)(H,30,31)/t19-;18-;17-/m111/s1. The highest BCUT2D eigenvalue weighted by molar-refractivity contribution is 6.00. The molecule has 0 bridgehead atoms. The van der Waals surface area contributed by atoms with E-state index in [1.54, 1.807) is 68.6 Å². The molecule has 6 amide bonds. The molecule has 0 spiro atoms. The summed E-state index contributed by atoms with van der Waals surface area (Å²) in [7, 11) is 5.55. The van der Waals surface area contributed by atoms with E-state index in [1.807, 2.05) is 150 Å². The van der Waals surface area contributed by atoms with Gasteiger partial charge in [-0.3, -0.25) is 44.1 Å². The minimum atomic E-state index is -0.304. The first-order chi connectivity index (χ1) is 50.5. The van der Waals surface area contributed by atoms with Crippen LogP contribution in [0.4, 0.5) is 0 Å². The summed E-state index contributed by atoms with van der Waals surface area (Å²) in [6.07, 6.45) is 23.8. The quantitative estimate of drug-likeness (QED) is 0.0206. The van der Waals surface area contributed by atoms with Crippen LogP contribution in [0.1, 0.15) is 202 Å². The van der Waals surface area contributed by atoms with E-state index in [9.17, 15) is 28.8 Å². The van der Waals surface area contributed by atoms with Gasteiger partial charge in [0, 0.05) is 83.8 Å². The van der Waals surface area contributed by atoms with Gasteiger partial charge in [-0.1, -0.05) is 93.1 Å². The van der Waals surface area contributed by atoms with Crippen LogP contribution < -0.4 is 46.1 Å². The summed E-state index contributed by atoms with van der Waals surface area (Å²) in [5.74, 6) is 0.591. The maximum Gasteiger partial charge on any atom is 0.255 e. The van der Waals surface area contributed by atoms with Crippen molar-refractivity contribution < 1.29 is 47.7 Å². The smallest absolute Gasteiger partial charge is 0.255 e. The van der Waals surface area contributed by atoms with Crippen molar-refractivity contribution in [2.75, 3.05) is 54.2 Å². The van der Waals surface area contributed by atoms with Crippen LogP contribution in [0.15, 0.2) is 165 Å². The third kappa shape index (κ3) is 21.3. The number of rotatable bonds is 28.